The zero-order valence-corrected chi connectivity index (χ0v) is 13.2. The van der Waals surface area contributed by atoms with Crippen molar-refractivity contribution in [3.05, 3.63) is 35.4 Å². The number of aliphatic hydroxyl groups excluding tert-OH is 1. The van der Waals surface area contributed by atoms with Gasteiger partial charge in [0.05, 0.1) is 6.61 Å². The van der Waals surface area contributed by atoms with Crippen LogP contribution in [0.15, 0.2) is 24.3 Å². The Balaban J connectivity index is 1.88. The van der Waals surface area contributed by atoms with Gasteiger partial charge in [0.1, 0.15) is 0 Å². The van der Waals surface area contributed by atoms with Crippen molar-refractivity contribution in [1.82, 2.24) is 9.80 Å². The number of hydrogen-bond donors (Lipinski definition) is 1. The van der Waals surface area contributed by atoms with Crippen LogP contribution < -0.4 is 0 Å². The van der Waals surface area contributed by atoms with E-state index in [0.29, 0.717) is 12.5 Å². The molecule has 0 aromatic heterocycles. The van der Waals surface area contributed by atoms with Gasteiger partial charge in [-0.2, -0.15) is 0 Å². The monoisotopic (exact) mass is 286 g/mol. The van der Waals surface area contributed by atoms with Crippen LogP contribution in [0.25, 0.3) is 0 Å². The number of nitrogens with zero attached hydrogens (tertiary/aromatic N) is 2. The Bertz CT molecular complexity index is 486. The number of aliphatic hydroxyl groups is 1. The van der Waals surface area contributed by atoms with Gasteiger partial charge in [0.25, 0.3) is 0 Å². The number of hydrogen-bond acceptors (Lipinski definition) is 3. The molecule has 1 aromatic rings. The van der Waals surface area contributed by atoms with E-state index in [1.54, 1.807) is 0 Å². The second kappa shape index (κ2) is 8.19. The summed E-state index contributed by atoms with van der Waals surface area (Å²) in [4.78, 5) is 5.07. The first-order valence-corrected chi connectivity index (χ1v) is 7.88. The standard InChI is InChI=1S/C18H26N2O/c1-3-20-12-11-19(14-16(20)2)15-18-9-7-17(8-10-18)6-4-5-13-21/h7-10,16,21H,3,5,11-15H2,1-2H3. The molecule has 0 bridgehead atoms. The number of benzene rings is 1. The largest absolute Gasteiger partial charge is 0.395 e. The first-order chi connectivity index (χ1) is 10.2. The van der Waals surface area contributed by atoms with Gasteiger partial charge in [-0.1, -0.05) is 30.9 Å². The maximum absolute atomic E-state index is 8.72. The lowest BCUT2D eigenvalue weighted by Crippen LogP contribution is -2.51. The molecule has 114 valence electrons. The molecule has 1 unspecified atom stereocenters. The van der Waals surface area contributed by atoms with Crippen LogP contribution in [0.1, 0.15) is 31.4 Å². The van der Waals surface area contributed by atoms with Gasteiger partial charge < -0.3 is 5.11 Å². The average Bonchev–Trinajstić information content (AvgIpc) is 2.49. The predicted molar refractivity (Wildman–Crippen MR) is 87.0 cm³/mol. The summed E-state index contributed by atoms with van der Waals surface area (Å²) in [7, 11) is 0. The summed E-state index contributed by atoms with van der Waals surface area (Å²) in [6.45, 7) is 10.3. The summed E-state index contributed by atoms with van der Waals surface area (Å²) >= 11 is 0. The van der Waals surface area contributed by atoms with Crippen molar-refractivity contribution in [2.45, 2.75) is 32.9 Å². The second-order valence-corrected chi connectivity index (χ2v) is 5.69. The quantitative estimate of drug-likeness (QED) is 0.857. The van der Waals surface area contributed by atoms with Crippen LogP contribution in [0.4, 0.5) is 0 Å². The number of likely N-dealkylation sites (N-methyl/N-ethyl adjacent to an activating group) is 1. The molecule has 3 heteroatoms. The highest BCUT2D eigenvalue weighted by atomic mass is 16.2. The van der Waals surface area contributed by atoms with E-state index in [1.165, 1.54) is 12.1 Å². The predicted octanol–water partition coefficient (Wildman–Crippen LogP) is 1.95. The fourth-order valence-electron chi connectivity index (χ4n) is 2.86. The SMILES string of the molecule is CCN1CCN(Cc2ccc(C#CCCO)cc2)CC1C. The van der Waals surface area contributed by atoms with Crippen molar-refractivity contribution in [1.29, 1.82) is 0 Å². The van der Waals surface area contributed by atoms with Gasteiger partial charge >= 0.3 is 0 Å². The minimum atomic E-state index is 0.132. The summed E-state index contributed by atoms with van der Waals surface area (Å²) < 4.78 is 0. The zero-order chi connectivity index (χ0) is 15.1. The van der Waals surface area contributed by atoms with Crippen LogP contribution in [0.5, 0.6) is 0 Å². The molecule has 3 nitrogen and oxygen atoms in total. The number of rotatable bonds is 4. The van der Waals surface area contributed by atoms with E-state index in [0.717, 1.165) is 31.7 Å². The van der Waals surface area contributed by atoms with Gasteiger partial charge in [-0.15, -0.1) is 0 Å². The Hall–Kier alpha value is -1.34. The van der Waals surface area contributed by atoms with E-state index < -0.39 is 0 Å². The highest BCUT2D eigenvalue weighted by molar-refractivity contribution is 5.36. The van der Waals surface area contributed by atoms with Gasteiger partial charge in [0, 0.05) is 44.2 Å². The van der Waals surface area contributed by atoms with E-state index in [-0.39, 0.29) is 6.61 Å². The molecule has 0 saturated carbocycles. The molecule has 0 radical (unpaired) electrons. The Labute approximate surface area is 128 Å². The van der Waals surface area contributed by atoms with Crippen LogP contribution in [0.3, 0.4) is 0 Å². The lowest BCUT2D eigenvalue weighted by Gasteiger charge is -2.39. The minimum absolute atomic E-state index is 0.132. The third kappa shape index (κ3) is 4.86. The Morgan fingerprint density at radius 3 is 2.62 bits per heavy atom. The van der Waals surface area contributed by atoms with Crippen LogP contribution >= 0.6 is 0 Å². The molecule has 1 aliphatic rings. The van der Waals surface area contributed by atoms with Crippen molar-refractivity contribution >= 4 is 0 Å². The first-order valence-electron chi connectivity index (χ1n) is 7.88. The molecule has 1 heterocycles. The summed E-state index contributed by atoms with van der Waals surface area (Å²) in [6.07, 6.45) is 0.543. The fraction of sp³-hybridized carbons (Fsp3) is 0.556. The molecular formula is C18H26N2O. The fourth-order valence-corrected chi connectivity index (χ4v) is 2.86. The van der Waals surface area contributed by atoms with Crippen molar-refractivity contribution in [3.63, 3.8) is 0 Å². The highest BCUT2D eigenvalue weighted by Crippen LogP contribution is 2.13. The summed E-state index contributed by atoms with van der Waals surface area (Å²) in [5.74, 6) is 6.02. The molecule has 1 aromatic carbocycles. The first kappa shape index (κ1) is 16.0. The topological polar surface area (TPSA) is 26.7 Å². The molecule has 1 saturated heterocycles. The summed E-state index contributed by atoms with van der Waals surface area (Å²) in [5.41, 5.74) is 2.37. The van der Waals surface area contributed by atoms with Crippen LogP contribution in [0.2, 0.25) is 0 Å². The molecule has 2 rings (SSSR count). The maximum Gasteiger partial charge on any atom is 0.0540 e. The Morgan fingerprint density at radius 2 is 2.00 bits per heavy atom. The second-order valence-electron chi connectivity index (χ2n) is 5.69. The smallest absolute Gasteiger partial charge is 0.0540 e. The molecular weight excluding hydrogens is 260 g/mol. The molecule has 0 amide bonds. The maximum atomic E-state index is 8.72. The Morgan fingerprint density at radius 1 is 1.24 bits per heavy atom. The zero-order valence-electron chi connectivity index (χ0n) is 13.2. The minimum Gasteiger partial charge on any atom is -0.395 e. The third-order valence-corrected chi connectivity index (χ3v) is 4.09. The van der Waals surface area contributed by atoms with Crippen molar-refractivity contribution in [2.24, 2.45) is 0 Å². The molecule has 0 spiro atoms. The van der Waals surface area contributed by atoms with E-state index in [1.807, 2.05) is 0 Å². The van der Waals surface area contributed by atoms with Crippen molar-refractivity contribution < 1.29 is 5.11 Å². The van der Waals surface area contributed by atoms with Gasteiger partial charge in [-0.05, 0) is 31.2 Å². The highest BCUT2D eigenvalue weighted by Gasteiger charge is 2.21. The summed E-state index contributed by atoms with van der Waals surface area (Å²) in [5, 5.41) is 8.72. The number of piperazine rings is 1. The van der Waals surface area contributed by atoms with E-state index in [4.69, 9.17) is 5.11 Å². The molecule has 0 aliphatic carbocycles. The normalized spacial score (nSPS) is 20.0. The van der Waals surface area contributed by atoms with Gasteiger partial charge in [-0.3, -0.25) is 9.80 Å². The van der Waals surface area contributed by atoms with E-state index in [2.05, 4.69) is 59.8 Å². The van der Waals surface area contributed by atoms with Crippen LogP contribution in [0, 0.1) is 11.8 Å². The van der Waals surface area contributed by atoms with Crippen LogP contribution in [-0.4, -0.2) is 53.7 Å². The van der Waals surface area contributed by atoms with E-state index in [9.17, 15) is 0 Å². The van der Waals surface area contributed by atoms with Gasteiger partial charge in [-0.25, -0.2) is 0 Å². The summed E-state index contributed by atoms with van der Waals surface area (Å²) in [6, 6.07) is 9.13. The van der Waals surface area contributed by atoms with Gasteiger partial charge in [0.2, 0.25) is 0 Å². The van der Waals surface area contributed by atoms with Gasteiger partial charge in [0.15, 0.2) is 0 Å². The molecule has 1 fully saturated rings. The third-order valence-electron chi connectivity index (χ3n) is 4.09. The Kier molecular flexibility index (Phi) is 6.25. The lowest BCUT2D eigenvalue weighted by molar-refractivity contribution is 0.0834. The van der Waals surface area contributed by atoms with Crippen molar-refractivity contribution in [2.75, 3.05) is 32.8 Å². The molecule has 1 aliphatic heterocycles. The molecule has 1 N–H and O–H groups in total. The molecule has 1 atom stereocenters. The van der Waals surface area contributed by atoms with Crippen molar-refractivity contribution in [3.8, 4) is 11.8 Å². The lowest BCUT2D eigenvalue weighted by atomic mass is 10.1. The van der Waals surface area contributed by atoms with E-state index >= 15 is 0 Å². The molecule has 21 heavy (non-hydrogen) atoms. The van der Waals surface area contributed by atoms with Crippen LogP contribution in [-0.2, 0) is 6.54 Å². The average molecular weight is 286 g/mol.